The lowest BCUT2D eigenvalue weighted by atomic mass is 10.0. The molecule has 0 heterocycles. The minimum absolute atomic E-state index is 1.09. The molecule has 0 nitrogen and oxygen atoms in total. The Balaban J connectivity index is 2.37. The van der Waals surface area contributed by atoms with Crippen LogP contribution < -0.4 is 0 Å². The molecule has 0 bridgehead atoms. The van der Waals surface area contributed by atoms with Crippen LogP contribution in [0.2, 0.25) is 0 Å². The molecule has 0 aromatic heterocycles. The second kappa shape index (κ2) is 3.64. The van der Waals surface area contributed by atoms with Crippen molar-refractivity contribution in [3.63, 3.8) is 0 Å². The second-order valence-electron chi connectivity index (χ2n) is 4.13. The van der Waals surface area contributed by atoms with Crippen molar-refractivity contribution in [3.05, 3.63) is 60.2 Å². The van der Waals surface area contributed by atoms with Crippen LogP contribution in [0.5, 0.6) is 0 Å². The molecule has 77 valence electrons. The van der Waals surface area contributed by atoms with E-state index < -0.39 is 0 Å². The SMILES string of the molecule is CCc1ccc2[c]c3ccccc3cc2c1. The average Bonchev–Trinajstić information content (AvgIpc) is 2.35. The largest absolute Gasteiger partial charge is 0.0616 e. The molecular weight excluding hydrogens is 192 g/mol. The third-order valence-electron chi connectivity index (χ3n) is 3.07. The summed E-state index contributed by atoms with van der Waals surface area (Å²) in [6.07, 6.45) is 1.09. The van der Waals surface area contributed by atoms with Gasteiger partial charge >= 0.3 is 0 Å². The first kappa shape index (κ1) is 9.41. The molecule has 3 aromatic rings. The molecule has 1 radical (unpaired) electrons. The van der Waals surface area contributed by atoms with E-state index in [2.05, 4.69) is 61.5 Å². The Kier molecular flexibility index (Phi) is 2.14. The zero-order valence-electron chi connectivity index (χ0n) is 9.33. The van der Waals surface area contributed by atoms with E-state index in [1.165, 1.54) is 27.1 Å². The fraction of sp³-hybridized carbons (Fsp3) is 0.125. The maximum Gasteiger partial charge on any atom is -0.00143 e. The molecule has 0 unspecified atom stereocenters. The molecule has 0 saturated carbocycles. The van der Waals surface area contributed by atoms with E-state index in [-0.39, 0.29) is 0 Å². The van der Waals surface area contributed by atoms with Crippen molar-refractivity contribution in [1.29, 1.82) is 0 Å². The standard InChI is InChI=1S/C16H13/c1-2-12-7-8-15-10-13-5-3-4-6-14(13)11-16(15)9-12/h3-9,11H,2H2,1H3. The minimum atomic E-state index is 1.09. The molecule has 3 aromatic carbocycles. The van der Waals surface area contributed by atoms with Crippen LogP contribution >= 0.6 is 0 Å². The molecule has 0 aliphatic heterocycles. The summed E-state index contributed by atoms with van der Waals surface area (Å²) in [5.74, 6) is 0. The Bertz CT molecular complexity index is 650. The van der Waals surface area contributed by atoms with E-state index in [9.17, 15) is 0 Å². The maximum atomic E-state index is 3.46. The molecule has 3 rings (SSSR count). The van der Waals surface area contributed by atoms with Gasteiger partial charge in [0.05, 0.1) is 0 Å². The van der Waals surface area contributed by atoms with Gasteiger partial charge < -0.3 is 0 Å². The highest BCUT2D eigenvalue weighted by Gasteiger charge is 1.98. The van der Waals surface area contributed by atoms with Crippen molar-refractivity contribution in [1.82, 2.24) is 0 Å². The monoisotopic (exact) mass is 205 g/mol. The van der Waals surface area contributed by atoms with Gasteiger partial charge in [-0.15, -0.1) is 0 Å². The Labute approximate surface area is 95.5 Å². The number of fused-ring (bicyclic) bond motifs is 2. The van der Waals surface area contributed by atoms with Crippen LogP contribution in [0.25, 0.3) is 21.5 Å². The molecule has 16 heavy (non-hydrogen) atoms. The summed E-state index contributed by atoms with van der Waals surface area (Å²) in [4.78, 5) is 0. The van der Waals surface area contributed by atoms with Crippen LogP contribution in [0.1, 0.15) is 12.5 Å². The lowest BCUT2D eigenvalue weighted by Crippen LogP contribution is -1.81. The van der Waals surface area contributed by atoms with Gasteiger partial charge in [0.2, 0.25) is 0 Å². The number of benzene rings is 3. The number of hydrogen-bond donors (Lipinski definition) is 0. The van der Waals surface area contributed by atoms with Crippen molar-refractivity contribution in [2.24, 2.45) is 0 Å². The number of aryl methyl sites for hydroxylation is 1. The van der Waals surface area contributed by atoms with Crippen LogP contribution in [0, 0.1) is 6.07 Å². The summed E-state index contributed by atoms with van der Waals surface area (Å²) in [5, 5.41) is 4.96. The first-order valence-electron chi connectivity index (χ1n) is 5.70. The average molecular weight is 205 g/mol. The van der Waals surface area contributed by atoms with Gasteiger partial charge in [0.25, 0.3) is 0 Å². The van der Waals surface area contributed by atoms with Gasteiger partial charge in [-0.25, -0.2) is 0 Å². The van der Waals surface area contributed by atoms with Gasteiger partial charge in [-0.1, -0.05) is 49.4 Å². The maximum absolute atomic E-state index is 3.46. The molecule has 0 atom stereocenters. The number of rotatable bonds is 1. The molecule has 0 aliphatic carbocycles. The van der Waals surface area contributed by atoms with E-state index in [1.807, 2.05) is 0 Å². The molecule has 0 aliphatic rings. The van der Waals surface area contributed by atoms with E-state index >= 15 is 0 Å². The highest BCUT2D eigenvalue weighted by molar-refractivity contribution is 5.97. The predicted molar refractivity (Wildman–Crippen MR) is 69.7 cm³/mol. The normalized spacial score (nSPS) is 11.1. The fourth-order valence-corrected chi connectivity index (χ4v) is 2.11. The second-order valence-corrected chi connectivity index (χ2v) is 4.13. The number of hydrogen-bond acceptors (Lipinski definition) is 0. The topological polar surface area (TPSA) is 0 Å². The van der Waals surface area contributed by atoms with Crippen molar-refractivity contribution >= 4 is 21.5 Å². The summed E-state index contributed by atoms with van der Waals surface area (Å²) in [5.41, 5.74) is 1.39. The van der Waals surface area contributed by atoms with Crippen molar-refractivity contribution in [2.45, 2.75) is 13.3 Å². The Morgan fingerprint density at radius 2 is 1.69 bits per heavy atom. The summed E-state index contributed by atoms with van der Waals surface area (Å²) >= 11 is 0. The van der Waals surface area contributed by atoms with Crippen LogP contribution in [0.15, 0.2) is 48.5 Å². The van der Waals surface area contributed by atoms with E-state index in [0.29, 0.717) is 0 Å². The third kappa shape index (κ3) is 1.47. The fourth-order valence-electron chi connectivity index (χ4n) is 2.11. The molecule has 0 N–H and O–H groups in total. The summed E-state index contributed by atoms with van der Waals surface area (Å²) in [7, 11) is 0. The molecule has 0 spiro atoms. The first-order valence-corrected chi connectivity index (χ1v) is 5.70. The lowest BCUT2D eigenvalue weighted by molar-refractivity contribution is 1.15. The van der Waals surface area contributed by atoms with E-state index in [0.717, 1.165) is 6.42 Å². The molecule has 0 amide bonds. The van der Waals surface area contributed by atoms with Gasteiger partial charge in [0, 0.05) is 0 Å². The summed E-state index contributed by atoms with van der Waals surface area (Å²) in [6.45, 7) is 2.19. The predicted octanol–water partition coefficient (Wildman–Crippen LogP) is 4.36. The molecule has 0 fully saturated rings. The van der Waals surface area contributed by atoms with Crippen LogP contribution in [-0.4, -0.2) is 0 Å². The van der Waals surface area contributed by atoms with Crippen LogP contribution in [0.4, 0.5) is 0 Å². The quantitative estimate of drug-likeness (QED) is 0.518. The van der Waals surface area contributed by atoms with Crippen molar-refractivity contribution in [3.8, 4) is 0 Å². The van der Waals surface area contributed by atoms with Gasteiger partial charge in [0.15, 0.2) is 0 Å². The third-order valence-corrected chi connectivity index (χ3v) is 3.07. The smallest absolute Gasteiger partial charge is 0.00143 e. The van der Waals surface area contributed by atoms with Gasteiger partial charge in [-0.2, -0.15) is 0 Å². The molecule has 0 saturated heterocycles. The van der Waals surface area contributed by atoms with E-state index in [1.54, 1.807) is 0 Å². The molecule has 0 heteroatoms. The Morgan fingerprint density at radius 3 is 2.56 bits per heavy atom. The van der Waals surface area contributed by atoms with Crippen molar-refractivity contribution in [2.75, 3.05) is 0 Å². The minimum Gasteiger partial charge on any atom is -0.0616 e. The highest BCUT2D eigenvalue weighted by Crippen LogP contribution is 2.23. The van der Waals surface area contributed by atoms with E-state index in [4.69, 9.17) is 0 Å². The zero-order chi connectivity index (χ0) is 11.0. The van der Waals surface area contributed by atoms with Gasteiger partial charge in [0.1, 0.15) is 0 Å². The van der Waals surface area contributed by atoms with Crippen LogP contribution in [0.3, 0.4) is 0 Å². The molecular formula is C16H13. The Morgan fingerprint density at radius 1 is 0.875 bits per heavy atom. The first-order chi connectivity index (χ1) is 7.86. The summed E-state index contributed by atoms with van der Waals surface area (Å²) in [6, 6.07) is 20.7. The summed E-state index contributed by atoms with van der Waals surface area (Å²) < 4.78 is 0. The Hall–Kier alpha value is -1.82. The lowest BCUT2D eigenvalue weighted by Gasteiger charge is -2.03. The van der Waals surface area contributed by atoms with Crippen LogP contribution in [-0.2, 0) is 6.42 Å². The zero-order valence-corrected chi connectivity index (χ0v) is 9.33. The van der Waals surface area contributed by atoms with Gasteiger partial charge in [-0.3, -0.25) is 0 Å². The highest BCUT2D eigenvalue weighted by atomic mass is 14.0. The van der Waals surface area contributed by atoms with Gasteiger partial charge in [-0.05, 0) is 45.7 Å². The van der Waals surface area contributed by atoms with Crippen molar-refractivity contribution < 1.29 is 0 Å².